The Bertz CT molecular complexity index is 138. The molecule has 0 heterocycles. The number of carbonyl (C=O) groups is 1. The summed E-state index contributed by atoms with van der Waals surface area (Å²) in [5.74, 6) is -0.481. The van der Waals surface area contributed by atoms with E-state index in [9.17, 15) is 9.36 Å². The molecule has 0 spiro atoms. The first kappa shape index (κ1) is 14.1. The molecule has 0 fully saturated rings. The van der Waals surface area contributed by atoms with Gasteiger partial charge in [-0.1, -0.05) is 6.92 Å². The molecule has 0 aromatic rings. The van der Waals surface area contributed by atoms with Gasteiger partial charge in [-0.3, -0.25) is 0 Å². The summed E-state index contributed by atoms with van der Waals surface area (Å²) < 4.78 is 18.9. The molecular formula is C5H10NaO4P+. The Morgan fingerprint density at radius 2 is 2.09 bits per heavy atom. The minimum absolute atomic E-state index is 0. The molecule has 0 amide bonds. The predicted molar refractivity (Wildman–Crippen MR) is 41.4 cm³/mol. The van der Waals surface area contributed by atoms with Crippen molar-refractivity contribution in [3.63, 3.8) is 0 Å². The zero-order valence-corrected chi connectivity index (χ0v) is 9.89. The van der Waals surface area contributed by atoms with Gasteiger partial charge >= 0.3 is 14.2 Å². The first-order chi connectivity index (χ1) is 4.70. The first-order valence-corrected chi connectivity index (χ1v) is 4.02. The van der Waals surface area contributed by atoms with Crippen molar-refractivity contribution in [1.82, 2.24) is 0 Å². The maximum Gasteiger partial charge on any atom is 0.752 e. The monoisotopic (exact) mass is 188 g/mol. The standard InChI is InChI=1S/C5H10O4P.Na/c1-3-4-5(6)9-10(7)8-2;/h3-4H2,1-2H3;/q+1;. The van der Waals surface area contributed by atoms with Crippen LogP contribution >= 0.6 is 8.25 Å². The van der Waals surface area contributed by atoms with Crippen LogP contribution in [0.4, 0.5) is 0 Å². The van der Waals surface area contributed by atoms with Gasteiger partial charge in [-0.25, -0.2) is 4.79 Å². The minimum atomic E-state index is -2.23. The van der Waals surface area contributed by atoms with Gasteiger partial charge in [0, 0.05) is 34.1 Å². The van der Waals surface area contributed by atoms with Crippen molar-refractivity contribution in [2.75, 3.05) is 7.11 Å². The molecule has 1 atom stereocenters. The van der Waals surface area contributed by atoms with E-state index in [1.54, 1.807) is 0 Å². The van der Waals surface area contributed by atoms with Crippen LogP contribution in [0.5, 0.6) is 0 Å². The van der Waals surface area contributed by atoms with Crippen LogP contribution in [-0.4, -0.2) is 42.6 Å². The van der Waals surface area contributed by atoms with Gasteiger partial charge in [0.05, 0.1) is 13.5 Å². The van der Waals surface area contributed by atoms with Crippen molar-refractivity contribution >= 4 is 43.8 Å². The third-order valence-electron chi connectivity index (χ3n) is 0.780. The van der Waals surface area contributed by atoms with Crippen molar-refractivity contribution in [1.29, 1.82) is 0 Å². The van der Waals surface area contributed by atoms with E-state index in [2.05, 4.69) is 9.05 Å². The fourth-order valence-electron chi connectivity index (χ4n) is 0.370. The maximum atomic E-state index is 10.5. The molecular weight excluding hydrogens is 178 g/mol. The van der Waals surface area contributed by atoms with Crippen molar-refractivity contribution in [3.8, 4) is 0 Å². The molecule has 6 heteroatoms. The van der Waals surface area contributed by atoms with Crippen LogP contribution in [0.1, 0.15) is 19.8 Å². The SMILES string of the molecule is CCCC(=O)O[P+](=O)OC.[Na]. The summed E-state index contributed by atoms with van der Waals surface area (Å²) in [5, 5.41) is 0. The molecule has 1 unspecified atom stereocenters. The molecule has 0 aliphatic rings. The van der Waals surface area contributed by atoms with E-state index in [4.69, 9.17) is 0 Å². The maximum absolute atomic E-state index is 10.5. The average Bonchev–Trinajstić information content (AvgIpc) is 1.88. The molecule has 4 nitrogen and oxygen atoms in total. The van der Waals surface area contributed by atoms with Gasteiger partial charge in [-0.2, -0.15) is 4.52 Å². The van der Waals surface area contributed by atoms with Crippen LogP contribution < -0.4 is 0 Å². The zero-order chi connectivity index (χ0) is 7.98. The van der Waals surface area contributed by atoms with Crippen LogP contribution in [0, 0.1) is 0 Å². The van der Waals surface area contributed by atoms with E-state index in [1.165, 1.54) is 7.11 Å². The van der Waals surface area contributed by atoms with Crippen molar-refractivity contribution < 1.29 is 18.4 Å². The minimum Gasteiger partial charge on any atom is -0.247 e. The van der Waals surface area contributed by atoms with Crippen LogP contribution in [0.25, 0.3) is 0 Å². The molecule has 11 heavy (non-hydrogen) atoms. The van der Waals surface area contributed by atoms with Crippen LogP contribution in [0.3, 0.4) is 0 Å². The molecule has 59 valence electrons. The van der Waals surface area contributed by atoms with Crippen molar-refractivity contribution in [3.05, 3.63) is 0 Å². The Morgan fingerprint density at radius 1 is 1.55 bits per heavy atom. The summed E-state index contributed by atoms with van der Waals surface area (Å²) in [6, 6.07) is 0. The number of hydrogen-bond acceptors (Lipinski definition) is 4. The van der Waals surface area contributed by atoms with E-state index < -0.39 is 14.2 Å². The third kappa shape index (κ3) is 8.44. The van der Waals surface area contributed by atoms with E-state index in [0.717, 1.165) is 0 Å². The second-order valence-corrected chi connectivity index (χ2v) is 2.61. The molecule has 0 rings (SSSR count). The van der Waals surface area contributed by atoms with Crippen molar-refractivity contribution in [2.45, 2.75) is 19.8 Å². The second kappa shape index (κ2) is 8.62. The Morgan fingerprint density at radius 3 is 2.45 bits per heavy atom. The molecule has 0 saturated carbocycles. The van der Waals surface area contributed by atoms with Gasteiger partial charge < -0.3 is 0 Å². The molecule has 0 aromatic carbocycles. The summed E-state index contributed by atoms with van der Waals surface area (Å²) in [4.78, 5) is 10.5. The molecule has 0 N–H and O–H groups in total. The van der Waals surface area contributed by atoms with E-state index in [1.807, 2.05) is 6.92 Å². The zero-order valence-electron chi connectivity index (χ0n) is 6.99. The first-order valence-electron chi connectivity index (χ1n) is 2.92. The normalized spacial score (nSPS) is 9.82. The predicted octanol–water partition coefficient (Wildman–Crippen LogP) is 1.25. The smallest absolute Gasteiger partial charge is 0.247 e. The number of carbonyl (C=O) groups excluding carboxylic acids is 1. The van der Waals surface area contributed by atoms with Gasteiger partial charge in [0.25, 0.3) is 0 Å². The molecule has 0 aliphatic heterocycles. The Labute approximate surface area is 88.9 Å². The molecule has 0 saturated heterocycles. The van der Waals surface area contributed by atoms with Crippen LogP contribution in [0.2, 0.25) is 0 Å². The van der Waals surface area contributed by atoms with Gasteiger partial charge in [0.15, 0.2) is 0 Å². The fraction of sp³-hybridized carbons (Fsp3) is 0.800. The van der Waals surface area contributed by atoms with Gasteiger partial charge in [0.2, 0.25) is 0 Å². The van der Waals surface area contributed by atoms with Crippen LogP contribution in [0.15, 0.2) is 0 Å². The van der Waals surface area contributed by atoms with Gasteiger partial charge in [0.1, 0.15) is 0 Å². The second-order valence-electron chi connectivity index (χ2n) is 1.62. The molecule has 0 bridgehead atoms. The summed E-state index contributed by atoms with van der Waals surface area (Å²) in [6.07, 6.45) is 0.968. The Kier molecular flexibility index (Phi) is 11.0. The summed E-state index contributed by atoms with van der Waals surface area (Å²) in [6.45, 7) is 1.83. The molecule has 0 aromatic heterocycles. The fourth-order valence-corrected chi connectivity index (χ4v) is 0.702. The van der Waals surface area contributed by atoms with Crippen LogP contribution in [-0.2, 0) is 18.4 Å². The van der Waals surface area contributed by atoms with E-state index in [0.29, 0.717) is 6.42 Å². The number of rotatable bonds is 4. The average molecular weight is 188 g/mol. The van der Waals surface area contributed by atoms with Gasteiger partial charge in [-0.05, 0) is 6.42 Å². The summed E-state index contributed by atoms with van der Waals surface area (Å²) >= 11 is 0. The largest absolute Gasteiger partial charge is 0.752 e. The summed E-state index contributed by atoms with van der Waals surface area (Å²) in [5.41, 5.74) is 0. The molecule has 0 aliphatic carbocycles. The third-order valence-corrected chi connectivity index (χ3v) is 1.43. The van der Waals surface area contributed by atoms with Crippen molar-refractivity contribution in [2.24, 2.45) is 0 Å². The summed E-state index contributed by atoms with van der Waals surface area (Å²) in [7, 11) is -1.01. The quantitative estimate of drug-likeness (QED) is 0.492. The number of hydrogen-bond donors (Lipinski definition) is 0. The topological polar surface area (TPSA) is 52.6 Å². The van der Waals surface area contributed by atoms with E-state index in [-0.39, 0.29) is 36.0 Å². The van der Waals surface area contributed by atoms with Gasteiger partial charge in [-0.15, -0.1) is 4.52 Å². The van der Waals surface area contributed by atoms with E-state index >= 15 is 0 Å². The Hall–Kier alpha value is 0.530. The molecule has 1 radical (unpaired) electrons. The Balaban J connectivity index is 0.